The number of anilines is 1. The Morgan fingerprint density at radius 1 is 0.886 bits per heavy atom. The van der Waals surface area contributed by atoms with E-state index in [0.717, 1.165) is 4.90 Å². The SMILES string of the molecule is COc1ccc(C(=O)C(C)OC(=O)c2ccc3c(c2)C(=O)N(c2ccccc2Cl)C3=O)c(OC)c1. The molecule has 0 saturated carbocycles. The number of rotatable bonds is 7. The number of Topliss-reactive ketones (excluding diaryl/α,β-unsaturated/α-hetero) is 1. The molecule has 8 nitrogen and oxygen atoms in total. The molecule has 0 aliphatic carbocycles. The van der Waals surface area contributed by atoms with Gasteiger partial charge in [0.1, 0.15) is 11.5 Å². The Morgan fingerprint density at radius 3 is 2.29 bits per heavy atom. The summed E-state index contributed by atoms with van der Waals surface area (Å²) in [5.41, 5.74) is 0.668. The van der Waals surface area contributed by atoms with Gasteiger partial charge < -0.3 is 14.2 Å². The summed E-state index contributed by atoms with van der Waals surface area (Å²) in [5, 5.41) is 0.239. The average Bonchev–Trinajstić information content (AvgIpc) is 3.12. The summed E-state index contributed by atoms with van der Waals surface area (Å²) in [4.78, 5) is 52.5. The number of amides is 2. The summed E-state index contributed by atoms with van der Waals surface area (Å²) >= 11 is 6.17. The average molecular weight is 494 g/mol. The standard InChI is InChI=1S/C26H20ClNO7/c1-14(23(29)18-11-9-16(33-2)13-22(18)34-3)35-26(32)15-8-10-17-19(12-15)25(31)28(24(17)30)21-7-5-4-6-20(21)27/h4-14H,1-3H3. The number of ketones is 1. The van der Waals surface area contributed by atoms with Crippen molar-refractivity contribution in [2.24, 2.45) is 0 Å². The minimum atomic E-state index is -1.14. The number of benzene rings is 3. The lowest BCUT2D eigenvalue weighted by Crippen LogP contribution is -2.29. The number of nitrogens with zero attached hydrogens (tertiary/aromatic N) is 1. The third kappa shape index (κ3) is 4.36. The van der Waals surface area contributed by atoms with Crippen LogP contribution in [0.15, 0.2) is 60.7 Å². The second-order valence-corrected chi connectivity index (χ2v) is 8.04. The van der Waals surface area contributed by atoms with Crippen molar-refractivity contribution in [3.63, 3.8) is 0 Å². The van der Waals surface area contributed by atoms with Gasteiger partial charge in [-0.25, -0.2) is 9.69 Å². The van der Waals surface area contributed by atoms with Gasteiger partial charge in [0.2, 0.25) is 5.78 Å². The van der Waals surface area contributed by atoms with Crippen molar-refractivity contribution < 1.29 is 33.4 Å². The Labute approximate surface area is 206 Å². The minimum Gasteiger partial charge on any atom is -0.497 e. The highest BCUT2D eigenvalue weighted by Gasteiger charge is 2.38. The number of carbonyl (C=O) groups is 4. The molecule has 178 valence electrons. The van der Waals surface area contributed by atoms with E-state index in [-0.39, 0.29) is 38.7 Å². The molecule has 1 atom stereocenters. The van der Waals surface area contributed by atoms with Gasteiger partial charge in [0.25, 0.3) is 11.8 Å². The first-order valence-electron chi connectivity index (χ1n) is 10.5. The summed E-state index contributed by atoms with van der Waals surface area (Å²) in [7, 11) is 2.90. The molecule has 1 aliphatic heterocycles. The minimum absolute atomic E-state index is 0.0206. The summed E-state index contributed by atoms with van der Waals surface area (Å²) < 4.78 is 15.7. The fourth-order valence-corrected chi connectivity index (χ4v) is 3.94. The maximum atomic E-state index is 13.0. The van der Waals surface area contributed by atoms with Gasteiger partial charge in [-0.1, -0.05) is 23.7 Å². The van der Waals surface area contributed by atoms with E-state index in [1.165, 1.54) is 45.4 Å². The molecule has 0 N–H and O–H groups in total. The van der Waals surface area contributed by atoms with Gasteiger partial charge in [-0.05, 0) is 49.4 Å². The van der Waals surface area contributed by atoms with E-state index in [1.54, 1.807) is 36.4 Å². The molecule has 3 aromatic carbocycles. The maximum absolute atomic E-state index is 13.0. The van der Waals surface area contributed by atoms with Crippen LogP contribution in [0, 0.1) is 0 Å². The highest BCUT2D eigenvalue weighted by Crippen LogP contribution is 2.33. The quantitative estimate of drug-likeness (QED) is 0.270. The Morgan fingerprint density at radius 2 is 1.60 bits per heavy atom. The number of ether oxygens (including phenoxy) is 3. The molecule has 1 aliphatic rings. The predicted octanol–water partition coefficient (Wildman–Crippen LogP) is 4.59. The van der Waals surface area contributed by atoms with Gasteiger partial charge in [0.15, 0.2) is 6.10 Å². The molecule has 1 unspecified atom stereocenters. The first-order valence-corrected chi connectivity index (χ1v) is 10.9. The smallest absolute Gasteiger partial charge is 0.338 e. The summed E-state index contributed by atoms with van der Waals surface area (Å²) in [6.07, 6.45) is -1.14. The van der Waals surface area contributed by atoms with E-state index >= 15 is 0 Å². The molecule has 4 rings (SSSR count). The first-order chi connectivity index (χ1) is 16.8. The van der Waals surface area contributed by atoms with E-state index in [1.807, 2.05) is 0 Å². The van der Waals surface area contributed by atoms with E-state index in [2.05, 4.69) is 0 Å². The predicted molar refractivity (Wildman–Crippen MR) is 128 cm³/mol. The molecule has 0 bridgehead atoms. The lowest BCUT2D eigenvalue weighted by Gasteiger charge is -2.15. The van der Waals surface area contributed by atoms with Crippen LogP contribution >= 0.6 is 11.6 Å². The van der Waals surface area contributed by atoms with Crippen LogP contribution in [0.1, 0.15) is 48.4 Å². The van der Waals surface area contributed by atoms with Crippen molar-refractivity contribution in [3.05, 3.63) is 87.9 Å². The van der Waals surface area contributed by atoms with E-state index in [9.17, 15) is 19.2 Å². The molecule has 0 fully saturated rings. The van der Waals surface area contributed by atoms with Crippen LogP contribution in [0.25, 0.3) is 0 Å². The van der Waals surface area contributed by atoms with Crippen molar-refractivity contribution in [3.8, 4) is 11.5 Å². The van der Waals surface area contributed by atoms with Gasteiger partial charge in [-0.15, -0.1) is 0 Å². The molecule has 0 saturated heterocycles. The Balaban J connectivity index is 1.55. The van der Waals surface area contributed by atoms with Gasteiger partial charge in [0.05, 0.1) is 47.2 Å². The largest absolute Gasteiger partial charge is 0.497 e. The number of esters is 1. The number of imide groups is 1. The van der Waals surface area contributed by atoms with Crippen LogP contribution < -0.4 is 14.4 Å². The van der Waals surface area contributed by atoms with Crippen LogP contribution in [0.3, 0.4) is 0 Å². The monoisotopic (exact) mass is 493 g/mol. The van der Waals surface area contributed by atoms with E-state index in [4.69, 9.17) is 25.8 Å². The molecule has 0 radical (unpaired) electrons. The van der Waals surface area contributed by atoms with Crippen molar-refractivity contribution >= 4 is 40.9 Å². The third-order valence-electron chi connectivity index (χ3n) is 5.54. The van der Waals surface area contributed by atoms with Crippen LogP contribution in [-0.2, 0) is 4.74 Å². The number of fused-ring (bicyclic) bond motifs is 1. The second kappa shape index (κ2) is 9.60. The second-order valence-electron chi connectivity index (χ2n) is 7.64. The molecule has 1 heterocycles. The highest BCUT2D eigenvalue weighted by molar-refractivity contribution is 6.39. The Hall–Kier alpha value is -4.17. The van der Waals surface area contributed by atoms with Crippen LogP contribution in [-0.4, -0.2) is 43.9 Å². The van der Waals surface area contributed by atoms with E-state index < -0.39 is 29.7 Å². The molecule has 35 heavy (non-hydrogen) atoms. The fourth-order valence-electron chi connectivity index (χ4n) is 3.72. The number of methoxy groups -OCH3 is 2. The molecule has 3 aromatic rings. The summed E-state index contributed by atoms with van der Waals surface area (Å²) in [6.45, 7) is 1.44. The van der Waals surface area contributed by atoms with Gasteiger partial charge in [0, 0.05) is 6.07 Å². The van der Waals surface area contributed by atoms with Crippen LogP contribution in [0.2, 0.25) is 5.02 Å². The molecule has 9 heteroatoms. The molecular formula is C26H20ClNO7. The normalized spacial score (nSPS) is 13.3. The molecule has 0 aromatic heterocycles. The topological polar surface area (TPSA) is 99.2 Å². The van der Waals surface area contributed by atoms with Crippen molar-refractivity contribution in [1.82, 2.24) is 0 Å². The van der Waals surface area contributed by atoms with Crippen molar-refractivity contribution in [2.45, 2.75) is 13.0 Å². The zero-order valence-electron chi connectivity index (χ0n) is 19.0. The van der Waals surface area contributed by atoms with Gasteiger partial charge in [-0.3, -0.25) is 14.4 Å². The zero-order chi connectivity index (χ0) is 25.3. The number of halogens is 1. The zero-order valence-corrected chi connectivity index (χ0v) is 19.8. The lowest BCUT2D eigenvalue weighted by molar-refractivity contribution is 0.0317. The highest BCUT2D eigenvalue weighted by atomic mass is 35.5. The summed E-state index contributed by atoms with van der Waals surface area (Å²) in [6, 6.07) is 15.2. The van der Waals surface area contributed by atoms with Gasteiger partial charge in [-0.2, -0.15) is 0 Å². The first kappa shape index (κ1) is 24.0. The number of carbonyl (C=O) groups excluding carboxylic acids is 4. The Kier molecular flexibility index (Phi) is 6.57. The third-order valence-corrected chi connectivity index (χ3v) is 5.86. The Bertz CT molecular complexity index is 1370. The number of para-hydroxylation sites is 1. The van der Waals surface area contributed by atoms with Crippen molar-refractivity contribution in [2.75, 3.05) is 19.1 Å². The molecular weight excluding hydrogens is 474 g/mol. The maximum Gasteiger partial charge on any atom is 0.338 e. The number of hydrogen-bond acceptors (Lipinski definition) is 7. The van der Waals surface area contributed by atoms with E-state index in [0.29, 0.717) is 5.75 Å². The van der Waals surface area contributed by atoms with Crippen molar-refractivity contribution in [1.29, 1.82) is 0 Å². The summed E-state index contributed by atoms with van der Waals surface area (Å²) in [5.74, 6) is -1.68. The fraction of sp³-hybridized carbons (Fsp3) is 0.154. The van der Waals surface area contributed by atoms with Gasteiger partial charge >= 0.3 is 5.97 Å². The molecule has 0 spiro atoms. The lowest BCUT2D eigenvalue weighted by atomic mass is 10.0. The molecule has 2 amide bonds. The van der Waals surface area contributed by atoms with Crippen LogP contribution in [0.5, 0.6) is 11.5 Å². The number of hydrogen-bond donors (Lipinski definition) is 0. The van der Waals surface area contributed by atoms with Crippen LogP contribution in [0.4, 0.5) is 5.69 Å².